The van der Waals surface area contributed by atoms with E-state index in [-0.39, 0.29) is 67.9 Å². The molecule has 48 heavy (non-hydrogen) atoms. The first-order valence-electron chi connectivity index (χ1n) is 17.3. The van der Waals surface area contributed by atoms with Gasteiger partial charge < -0.3 is 45.7 Å². The molecule has 1 aromatic carbocycles. The van der Waals surface area contributed by atoms with Crippen LogP contribution in [0.15, 0.2) is 12.1 Å². The number of rotatable bonds is 17. The fourth-order valence-electron chi connectivity index (χ4n) is 8.41. The van der Waals surface area contributed by atoms with Gasteiger partial charge in [-0.25, -0.2) is 0 Å². The molecule has 1 aromatic rings. The second-order valence-corrected chi connectivity index (χ2v) is 13.9. The van der Waals surface area contributed by atoms with Gasteiger partial charge in [0.2, 0.25) is 23.6 Å². The molecule has 264 valence electrons. The van der Waals surface area contributed by atoms with Crippen LogP contribution in [0.4, 0.5) is 0 Å². The van der Waals surface area contributed by atoms with Gasteiger partial charge >= 0.3 is 0 Å². The number of phenols is 1. The minimum absolute atomic E-state index is 0.0346. The first kappa shape index (κ1) is 34.4. The highest BCUT2D eigenvalue weighted by Crippen LogP contribution is 2.65. The number of phenolic OH excluding ortho intramolecular Hbond substituents is 1. The number of carbonyl (C=O) groups excluding carboxylic acids is 4. The highest BCUT2D eigenvalue weighted by Gasteiger charge is 2.73. The predicted molar refractivity (Wildman–Crippen MR) is 172 cm³/mol. The molecule has 0 radical (unpaired) electrons. The Morgan fingerprint density at radius 2 is 1.58 bits per heavy atom. The van der Waals surface area contributed by atoms with Gasteiger partial charge in [0.15, 0.2) is 11.5 Å². The van der Waals surface area contributed by atoms with Crippen LogP contribution in [0, 0.1) is 5.92 Å². The van der Waals surface area contributed by atoms with Gasteiger partial charge in [0.1, 0.15) is 32.5 Å². The van der Waals surface area contributed by atoms with Crippen molar-refractivity contribution in [2.24, 2.45) is 5.92 Å². The molecule has 2 bridgehead atoms. The average molecular weight is 672 g/mol. The van der Waals surface area contributed by atoms with E-state index >= 15 is 0 Å². The third kappa shape index (κ3) is 6.85. The Morgan fingerprint density at radius 1 is 0.917 bits per heavy atom. The SMILES string of the molecule is CNC(=O)COCC(=O)NCCCCCNC(=O)COCC(=O)N[C@@H]1CC[C@@]2(O)[C@H]3Cc4ccc(O)c5c4[C@@]2(CCN3CC2CC2)[C@H]1O5. The molecule has 14 heteroatoms. The topological polar surface area (TPSA) is 188 Å². The van der Waals surface area contributed by atoms with Crippen molar-refractivity contribution in [3.63, 3.8) is 0 Å². The molecule has 5 atom stereocenters. The van der Waals surface area contributed by atoms with Crippen molar-refractivity contribution >= 4 is 23.6 Å². The number of likely N-dealkylation sites (tertiary alicyclic amines) is 1. The van der Waals surface area contributed by atoms with Crippen LogP contribution in [0.1, 0.15) is 62.5 Å². The zero-order valence-electron chi connectivity index (χ0n) is 27.7. The van der Waals surface area contributed by atoms with Crippen LogP contribution in [0.5, 0.6) is 11.5 Å². The summed E-state index contributed by atoms with van der Waals surface area (Å²) in [5.74, 6) is -0.0744. The molecule has 3 fully saturated rings. The van der Waals surface area contributed by atoms with Gasteiger partial charge in [-0.3, -0.25) is 24.1 Å². The minimum atomic E-state index is -1.02. The number of hydrogen-bond donors (Lipinski definition) is 6. The van der Waals surface area contributed by atoms with E-state index in [0.717, 1.165) is 37.1 Å². The van der Waals surface area contributed by atoms with Gasteiger partial charge in [-0.15, -0.1) is 0 Å². The molecule has 1 spiro atoms. The first-order valence-corrected chi connectivity index (χ1v) is 17.3. The smallest absolute Gasteiger partial charge is 0.246 e. The van der Waals surface area contributed by atoms with E-state index < -0.39 is 17.1 Å². The standard InChI is InChI=1S/C34H49N5O9/c1-35-26(41)17-46-18-27(42)36-12-3-2-4-13-37-28(43)19-47-20-29(44)38-23-9-10-34(45)25-15-22-7-8-24(40)31-30(22)33(34,32(23)48-31)11-14-39(25)16-21-5-6-21/h7-8,21,23,25,32,40,45H,2-6,9-20H2,1H3,(H,35,41)(H,36,42)(H,37,43)(H,38,44)/t23-,25-,32+,33+,34-/m1/s1. The fourth-order valence-corrected chi connectivity index (χ4v) is 8.41. The summed E-state index contributed by atoms with van der Waals surface area (Å²) in [6.07, 6.45) is 6.64. The van der Waals surface area contributed by atoms with Gasteiger partial charge in [-0.2, -0.15) is 0 Å². The Balaban J connectivity index is 0.923. The van der Waals surface area contributed by atoms with E-state index in [0.29, 0.717) is 56.9 Å². The lowest BCUT2D eigenvalue weighted by Crippen LogP contribution is -2.78. The molecule has 6 rings (SSSR count). The lowest BCUT2D eigenvalue weighted by Gasteiger charge is -2.64. The molecule has 1 saturated heterocycles. The normalized spacial score (nSPS) is 28.2. The molecule has 2 saturated carbocycles. The molecule has 0 aromatic heterocycles. The van der Waals surface area contributed by atoms with Gasteiger partial charge in [-0.1, -0.05) is 6.07 Å². The average Bonchev–Trinajstić information content (AvgIpc) is 3.81. The molecular weight excluding hydrogens is 622 g/mol. The Morgan fingerprint density at radius 3 is 2.25 bits per heavy atom. The van der Waals surface area contributed by atoms with Crippen molar-refractivity contribution in [1.82, 2.24) is 26.2 Å². The number of benzene rings is 1. The summed E-state index contributed by atoms with van der Waals surface area (Å²) in [6, 6.07) is 3.22. The largest absolute Gasteiger partial charge is 0.504 e. The van der Waals surface area contributed by atoms with Crippen molar-refractivity contribution in [2.45, 2.75) is 87.0 Å². The van der Waals surface area contributed by atoms with E-state index in [1.54, 1.807) is 6.07 Å². The predicted octanol–water partition coefficient (Wildman–Crippen LogP) is -0.377. The van der Waals surface area contributed by atoms with Crippen molar-refractivity contribution in [1.29, 1.82) is 0 Å². The Labute approximate surface area is 280 Å². The van der Waals surface area contributed by atoms with E-state index in [2.05, 4.69) is 26.2 Å². The number of unbranched alkanes of at least 4 members (excludes halogenated alkanes) is 2. The van der Waals surface area contributed by atoms with Crippen LogP contribution in [0.2, 0.25) is 0 Å². The molecule has 5 aliphatic rings. The Bertz CT molecular complexity index is 1390. The number of piperidine rings is 1. The van der Waals surface area contributed by atoms with Gasteiger partial charge in [0.25, 0.3) is 0 Å². The summed E-state index contributed by atoms with van der Waals surface area (Å²) >= 11 is 0. The number of nitrogens with one attached hydrogen (secondary N) is 4. The minimum Gasteiger partial charge on any atom is -0.504 e. The number of aromatic hydroxyl groups is 1. The summed E-state index contributed by atoms with van der Waals surface area (Å²) in [5, 5.41) is 34.3. The zero-order chi connectivity index (χ0) is 33.9. The van der Waals surface area contributed by atoms with Crippen molar-refractivity contribution in [2.75, 3.05) is 59.7 Å². The third-order valence-corrected chi connectivity index (χ3v) is 10.8. The third-order valence-electron chi connectivity index (χ3n) is 10.8. The fraction of sp³-hybridized carbons (Fsp3) is 0.706. The summed E-state index contributed by atoms with van der Waals surface area (Å²) in [6.45, 7) is 1.86. The summed E-state index contributed by atoms with van der Waals surface area (Å²) in [4.78, 5) is 50.5. The first-order chi connectivity index (χ1) is 23.2. The second-order valence-electron chi connectivity index (χ2n) is 13.9. The van der Waals surface area contributed by atoms with E-state index in [9.17, 15) is 29.4 Å². The molecule has 2 heterocycles. The number of likely N-dealkylation sites (N-methyl/N-ethyl adjacent to an activating group) is 1. The quantitative estimate of drug-likeness (QED) is 0.119. The highest BCUT2D eigenvalue weighted by molar-refractivity contribution is 5.80. The van der Waals surface area contributed by atoms with Crippen LogP contribution in [-0.4, -0.2) is 122 Å². The molecule has 4 amide bonds. The number of carbonyl (C=O) groups is 4. The monoisotopic (exact) mass is 671 g/mol. The zero-order valence-corrected chi connectivity index (χ0v) is 27.7. The van der Waals surface area contributed by atoms with Gasteiger partial charge in [0, 0.05) is 38.3 Å². The maximum atomic E-state index is 13.0. The van der Waals surface area contributed by atoms with Gasteiger partial charge in [-0.05, 0) is 81.9 Å². The number of amides is 4. The molecule has 0 unspecified atom stereocenters. The number of ether oxygens (including phenoxy) is 3. The number of nitrogens with zero attached hydrogens (tertiary/aromatic N) is 1. The summed E-state index contributed by atoms with van der Waals surface area (Å²) in [7, 11) is 1.49. The maximum absolute atomic E-state index is 13.0. The maximum Gasteiger partial charge on any atom is 0.246 e. The van der Waals surface area contributed by atoms with Crippen LogP contribution in [0.3, 0.4) is 0 Å². The van der Waals surface area contributed by atoms with E-state index in [1.165, 1.54) is 19.9 Å². The summed E-state index contributed by atoms with van der Waals surface area (Å²) in [5.41, 5.74) is 0.279. The molecule has 14 nitrogen and oxygen atoms in total. The number of hydrogen-bond acceptors (Lipinski definition) is 10. The molecule has 6 N–H and O–H groups in total. The lowest BCUT2D eigenvalue weighted by atomic mass is 9.48. The molecule has 3 aliphatic carbocycles. The van der Waals surface area contributed by atoms with Gasteiger partial charge in [0.05, 0.1) is 17.1 Å². The van der Waals surface area contributed by atoms with Crippen LogP contribution in [-0.2, 0) is 40.5 Å². The highest BCUT2D eigenvalue weighted by atomic mass is 16.5. The molecule has 2 aliphatic heterocycles. The Hall–Kier alpha value is -3.46. The molecular formula is C34H49N5O9. The second kappa shape index (κ2) is 14.6. The van der Waals surface area contributed by atoms with E-state index in [4.69, 9.17) is 14.2 Å². The van der Waals surface area contributed by atoms with Crippen molar-refractivity contribution < 1.29 is 43.6 Å². The van der Waals surface area contributed by atoms with Crippen LogP contribution >= 0.6 is 0 Å². The van der Waals surface area contributed by atoms with Crippen molar-refractivity contribution in [3.8, 4) is 11.5 Å². The van der Waals surface area contributed by atoms with Crippen molar-refractivity contribution in [3.05, 3.63) is 23.3 Å². The Kier molecular flexibility index (Phi) is 10.4. The van der Waals surface area contributed by atoms with Crippen LogP contribution in [0.25, 0.3) is 0 Å². The summed E-state index contributed by atoms with van der Waals surface area (Å²) < 4.78 is 16.9. The lowest BCUT2D eigenvalue weighted by molar-refractivity contribution is -0.192. The van der Waals surface area contributed by atoms with Crippen LogP contribution < -0.4 is 26.0 Å². The van der Waals surface area contributed by atoms with E-state index in [1.807, 2.05) is 6.07 Å². The number of aliphatic hydroxyl groups is 1.